The number of carbonyl (C=O) groups excluding carboxylic acids is 1. The van der Waals surface area contributed by atoms with Gasteiger partial charge in [0.05, 0.1) is 5.39 Å². The molecule has 1 aliphatic heterocycles. The van der Waals surface area contributed by atoms with Crippen LogP contribution in [-0.4, -0.2) is 47.0 Å². The summed E-state index contributed by atoms with van der Waals surface area (Å²) in [6.45, 7) is 7.01. The van der Waals surface area contributed by atoms with E-state index in [1.807, 2.05) is 4.90 Å². The number of aryl methyl sites for hydroxylation is 2. The van der Waals surface area contributed by atoms with Crippen LogP contribution in [0.1, 0.15) is 45.4 Å². The van der Waals surface area contributed by atoms with E-state index in [1.165, 1.54) is 35.4 Å². The molecule has 0 spiro atoms. The maximum Gasteiger partial charge on any atom is 0.253 e. The van der Waals surface area contributed by atoms with Gasteiger partial charge in [-0.1, -0.05) is 0 Å². The number of piperazine rings is 1. The number of halogens is 2. The van der Waals surface area contributed by atoms with E-state index in [-0.39, 0.29) is 24.1 Å². The van der Waals surface area contributed by atoms with Crippen molar-refractivity contribution in [1.29, 1.82) is 0 Å². The number of rotatable bonds is 3. The quantitative estimate of drug-likeness (QED) is 0.609. The van der Waals surface area contributed by atoms with Gasteiger partial charge >= 0.3 is 0 Å². The van der Waals surface area contributed by atoms with Gasteiger partial charge in [-0.2, -0.15) is 0 Å². The number of nitrogens with zero attached hydrogens (tertiary/aromatic N) is 4. The Morgan fingerprint density at radius 1 is 1.07 bits per heavy atom. The highest BCUT2D eigenvalue weighted by atomic mass is 35.5. The van der Waals surface area contributed by atoms with Crippen LogP contribution < -0.4 is 17.3 Å². The van der Waals surface area contributed by atoms with E-state index in [0.717, 1.165) is 34.9 Å². The molecule has 1 saturated carbocycles. The van der Waals surface area contributed by atoms with Crippen LogP contribution in [0.2, 0.25) is 0 Å². The summed E-state index contributed by atoms with van der Waals surface area (Å²) in [5, 5.41) is 1.16. The minimum atomic E-state index is -0.327. The van der Waals surface area contributed by atoms with E-state index in [2.05, 4.69) is 18.7 Å². The maximum atomic E-state index is 13.1. The second-order valence-electron chi connectivity index (χ2n) is 7.93. The molecule has 158 valence electrons. The van der Waals surface area contributed by atoms with E-state index in [1.54, 1.807) is 23.5 Å². The van der Waals surface area contributed by atoms with Crippen LogP contribution in [0.5, 0.6) is 0 Å². The fourth-order valence-electron chi connectivity index (χ4n) is 3.89. The summed E-state index contributed by atoms with van der Waals surface area (Å²) >= 11 is 1.75. The first kappa shape index (κ1) is 21.0. The Hall–Kier alpha value is -2.25. The third-order valence-corrected chi connectivity index (χ3v) is 7.03. The van der Waals surface area contributed by atoms with Crippen LogP contribution in [0, 0.1) is 19.7 Å². The SMILES string of the molecule is Cc1sc2nc(C3CC3)nc(N3CCN(C(=O)c4ccc(F)cc4)CC3)c2c1C.[Cl-]. The minimum Gasteiger partial charge on any atom is -1.00 e. The van der Waals surface area contributed by atoms with Crippen molar-refractivity contribution in [2.75, 3.05) is 31.1 Å². The molecule has 0 bridgehead atoms. The first-order chi connectivity index (χ1) is 14.0. The van der Waals surface area contributed by atoms with Crippen molar-refractivity contribution in [2.24, 2.45) is 0 Å². The summed E-state index contributed by atoms with van der Waals surface area (Å²) in [7, 11) is 0. The third-order valence-electron chi connectivity index (χ3n) is 5.93. The summed E-state index contributed by atoms with van der Waals surface area (Å²) in [6, 6.07) is 5.78. The number of carbonyl (C=O) groups is 1. The molecule has 2 fully saturated rings. The maximum absolute atomic E-state index is 13.1. The lowest BCUT2D eigenvalue weighted by molar-refractivity contribution is -0.0000164. The van der Waals surface area contributed by atoms with Gasteiger partial charge in [-0.25, -0.2) is 14.4 Å². The summed E-state index contributed by atoms with van der Waals surface area (Å²) in [5.74, 6) is 2.12. The molecule has 0 radical (unpaired) electrons. The molecule has 1 saturated heterocycles. The molecule has 5 rings (SSSR count). The minimum absolute atomic E-state index is 0. The molecular formula is C22H23ClFN4OS-. The van der Waals surface area contributed by atoms with Gasteiger partial charge in [-0.3, -0.25) is 4.79 Å². The number of amides is 1. The summed E-state index contributed by atoms with van der Waals surface area (Å²) in [6.07, 6.45) is 2.35. The molecule has 2 aromatic heterocycles. The highest BCUT2D eigenvalue weighted by Crippen LogP contribution is 2.42. The zero-order valence-corrected chi connectivity index (χ0v) is 18.6. The van der Waals surface area contributed by atoms with Gasteiger partial charge in [0, 0.05) is 42.5 Å². The summed E-state index contributed by atoms with van der Waals surface area (Å²) < 4.78 is 13.1. The van der Waals surface area contributed by atoms with Gasteiger partial charge < -0.3 is 22.2 Å². The van der Waals surface area contributed by atoms with E-state index in [9.17, 15) is 9.18 Å². The van der Waals surface area contributed by atoms with Crippen molar-refractivity contribution < 1.29 is 21.6 Å². The average Bonchev–Trinajstić information content (AvgIpc) is 3.54. The fourth-order valence-corrected chi connectivity index (χ4v) is 4.92. The molecule has 0 unspecified atom stereocenters. The largest absolute Gasteiger partial charge is 1.00 e. The predicted octanol–water partition coefficient (Wildman–Crippen LogP) is 1.29. The molecule has 30 heavy (non-hydrogen) atoms. The molecule has 2 aliphatic rings. The van der Waals surface area contributed by atoms with Crippen LogP contribution >= 0.6 is 11.3 Å². The highest BCUT2D eigenvalue weighted by Gasteiger charge is 2.31. The van der Waals surface area contributed by atoms with Gasteiger partial charge in [0.15, 0.2) is 0 Å². The number of aromatic nitrogens is 2. The van der Waals surface area contributed by atoms with Crippen LogP contribution in [0.15, 0.2) is 24.3 Å². The van der Waals surface area contributed by atoms with Crippen LogP contribution in [-0.2, 0) is 0 Å². The lowest BCUT2D eigenvalue weighted by Crippen LogP contribution is -3.00. The molecule has 3 aromatic rings. The number of hydrogen-bond acceptors (Lipinski definition) is 5. The van der Waals surface area contributed by atoms with E-state index >= 15 is 0 Å². The average molecular weight is 446 g/mol. The standard InChI is InChI=1S/C22H23FN4OS.ClH/c1-13-14(2)29-21-18(13)20(24-19(25-21)15-3-4-15)26-9-11-27(12-10-26)22(28)16-5-7-17(23)8-6-16;/h5-8,15H,3-4,9-12H2,1-2H3;1H/p-1. The van der Waals surface area contributed by atoms with E-state index in [0.29, 0.717) is 24.6 Å². The van der Waals surface area contributed by atoms with Crippen LogP contribution in [0.4, 0.5) is 10.2 Å². The number of fused-ring (bicyclic) bond motifs is 1. The molecule has 3 heterocycles. The molecule has 1 aromatic carbocycles. The fraction of sp³-hybridized carbons (Fsp3) is 0.409. The molecular weight excluding hydrogens is 423 g/mol. The van der Waals surface area contributed by atoms with Crippen LogP contribution in [0.3, 0.4) is 0 Å². The van der Waals surface area contributed by atoms with Crippen molar-refractivity contribution in [1.82, 2.24) is 14.9 Å². The third kappa shape index (κ3) is 3.76. The Bertz CT molecular complexity index is 1090. The van der Waals surface area contributed by atoms with Crippen molar-refractivity contribution >= 4 is 33.3 Å². The Balaban J connectivity index is 0.00000218. The summed E-state index contributed by atoms with van der Waals surface area (Å²) in [4.78, 5) is 29.1. The lowest BCUT2D eigenvalue weighted by atomic mass is 10.1. The smallest absolute Gasteiger partial charge is 0.253 e. The Labute approximate surface area is 185 Å². The lowest BCUT2D eigenvalue weighted by Gasteiger charge is -2.36. The second kappa shape index (κ2) is 8.12. The molecule has 0 atom stereocenters. The van der Waals surface area contributed by atoms with Gasteiger partial charge in [0.1, 0.15) is 22.3 Å². The highest BCUT2D eigenvalue weighted by molar-refractivity contribution is 7.18. The number of thiophene rings is 1. The van der Waals surface area contributed by atoms with Crippen molar-refractivity contribution in [3.63, 3.8) is 0 Å². The molecule has 8 heteroatoms. The Morgan fingerprint density at radius 2 is 1.73 bits per heavy atom. The second-order valence-corrected chi connectivity index (χ2v) is 9.13. The predicted molar refractivity (Wildman–Crippen MR) is 113 cm³/mol. The van der Waals surface area contributed by atoms with Crippen LogP contribution in [0.25, 0.3) is 10.2 Å². The molecule has 1 amide bonds. The van der Waals surface area contributed by atoms with Gasteiger partial charge in [0.2, 0.25) is 0 Å². The zero-order valence-electron chi connectivity index (χ0n) is 17.0. The first-order valence-electron chi connectivity index (χ1n) is 10.1. The molecule has 5 nitrogen and oxygen atoms in total. The number of benzene rings is 1. The summed E-state index contributed by atoms with van der Waals surface area (Å²) in [5.41, 5.74) is 1.79. The van der Waals surface area contributed by atoms with Crippen molar-refractivity contribution in [3.8, 4) is 0 Å². The van der Waals surface area contributed by atoms with Crippen molar-refractivity contribution in [3.05, 3.63) is 51.9 Å². The zero-order chi connectivity index (χ0) is 20.1. The van der Waals surface area contributed by atoms with Gasteiger partial charge in [0.25, 0.3) is 5.91 Å². The van der Waals surface area contributed by atoms with E-state index in [4.69, 9.17) is 9.97 Å². The topological polar surface area (TPSA) is 49.3 Å². The van der Waals surface area contributed by atoms with E-state index < -0.39 is 0 Å². The van der Waals surface area contributed by atoms with Gasteiger partial charge in [-0.15, -0.1) is 11.3 Å². The number of anilines is 1. The Morgan fingerprint density at radius 3 is 2.37 bits per heavy atom. The normalized spacial score (nSPS) is 16.6. The first-order valence-corrected chi connectivity index (χ1v) is 10.9. The van der Waals surface area contributed by atoms with Crippen molar-refractivity contribution in [2.45, 2.75) is 32.6 Å². The monoisotopic (exact) mass is 445 g/mol. The number of hydrogen-bond donors (Lipinski definition) is 0. The molecule has 0 N–H and O–H groups in total. The van der Waals surface area contributed by atoms with Gasteiger partial charge in [-0.05, 0) is 56.5 Å². The Kier molecular flexibility index (Phi) is 5.68. The molecule has 1 aliphatic carbocycles.